The number of benzene rings is 1. The van der Waals surface area contributed by atoms with Crippen LogP contribution < -0.4 is 5.32 Å². The molecular weight excluding hydrogens is 330 g/mol. The summed E-state index contributed by atoms with van der Waals surface area (Å²) in [5, 5.41) is 14.4. The second-order valence-corrected chi connectivity index (χ2v) is 6.67. The number of rotatable bonds is 6. The summed E-state index contributed by atoms with van der Waals surface area (Å²) in [4.78, 5) is 18.0. The van der Waals surface area contributed by atoms with Crippen LogP contribution in [0.4, 0.5) is 10.5 Å². The molecule has 2 amide bonds. The van der Waals surface area contributed by atoms with E-state index in [0.717, 1.165) is 22.6 Å². The fraction of sp³-hybridized carbons (Fsp3) is 0.333. The Kier molecular flexibility index (Phi) is 4.39. The zero-order valence-electron chi connectivity index (χ0n) is 14.6. The molecule has 4 rings (SSSR count). The number of nitrogens with zero attached hydrogens (tertiary/aromatic N) is 5. The number of urea groups is 1. The van der Waals surface area contributed by atoms with Gasteiger partial charge in [0.25, 0.3) is 0 Å². The third-order valence-corrected chi connectivity index (χ3v) is 4.39. The number of H-pyrrole nitrogens is 1. The summed E-state index contributed by atoms with van der Waals surface area (Å²) in [6.45, 7) is 1.10. The molecule has 1 aromatic carbocycles. The Hall–Kier alpha value is -3.16. The van der Waals surface area contributed by atoms with Gasteiger partial charge in [-0.1, -0.05) is 12.1 Å². The predicted octanol–water partition coefficient (Wildman–Crippen LogP) is 2.59. The van der Waals surface area contributed by atoms with Crippen molar-refractivity contribution in [2.24, 2.45) is 0 Å². The number of anilines is 1. The number of amides is 2. The zero-order chi connectivity index (χ0) is 17.9. The summed E-state index contributed by atoms with van der Waals surface area (Å²) >= 11 is 0. The Morgan fingerprint density at radius 2 is 2.27 bits per heavy atom. The molecule has 8 nitrogen and oxygen atoms in total. The van der Waals surface area contributed by atoms with E-state index < -0.39 is 0 Å². The first-order valence-corrected chi connectivity index (χ1v) is 8.65. The molecule has 134 valence electrons. The standard InChI is InChI=1S/C18H21N7O/c1-24(10-16-8-17(23-22-16)14-5-6-14)18(26)21-15-4-2-3-13(7-15)9-25-12-19-11-20-25/h2-4,7-8,11-12,14H,5-6,9-10H2,1H3,(H,21,26)(H,22,23). The number of hydrogen-bond acceptors (Lipinski definition) is 4. The largest absolute Gasteiger partial charge is 0.322 e. The van der Waals surface area contributed by atoms with E-state index in [-0.39, 0.29) is 6.03 Å². The van der Waals surface area contributed by atoms with E-state index in [0.29, 0.717) is 19.0 Å². The maximum absolute atomic E-state index is 12.5. The highest BCUT2D eigenvalue weighted by Gasteiger charge is 2.26. The molecule has 0 saturated heterocycles. The lowest BCUT2D eigenvalue weighted by Crippen LogP contribution is -2.31. The van der Waals surface area contributed by atoms with Crippen LogP contribution in [0.1, 0.15) is 35.7 Å². The molecular formula is C18H21N7O. The topological polar surface area (TPSA) is 91.7 Å². The smallest absolute Gasteiger partial charge is 0.321 e. The van der Waals surface area contributed by atoms with Crippen molar-refractivity contribution in [1.29, 1.82) is 0 Å². The van der Waals surface area contributed by atoms with Crippen LogP contribution in [0.3, 0.4) is 0 Å². The van der Waals surface area contributed by atoms with Gasteiger partial charge in [0.15, 0.2) is 0 Å². The fourth-order valence-electron chi connectivity index (χ4n) is 2.84. The van der Waals surface area contributed by atoms with E-state index in [4.69, 9.17) is 0 Å². The maximum atomic E-state index is 12.5. The Labute approximate surface area is 151 Å². The molecule has 0 bridgehead atoms. The van der Waals surface area contributed by atoms with Crippen molar-refractivity contribution in [3.63, 3.8) is 0 Å². The minimum atomic E-state index is -0.162. The minimum Gasteiger partial charge on any atom is -0.322 e. The summed E-state index contributed by atoms with van der Waals surface area (Å²) in [6, 6.07) is 9.61. The zero-order valence-corrected chi connectivity index (χ0v) is 14.6. The summed E-state index contributed by atoms with van der Waals surface area (Å²) < 4.78 is 1.74. The van der Waals surface area contributed by atoms with Crippen LogP contribution in [0, 0.1) is 0 Å². The molecule has 0 unspecified atom stereocenters. The Morgan fingerprint density at radius 1 is 1.38 bits per heavy atom. The summed E-state index contributed by atoms with van der Waals surface area (Å²) in [7, 11) is 1.77. The van der Waals surface area contributed by atoms with Crippen LogP contribution in [-0.4, -0.2) is 42.9 Å². The molecule has 3 aromatic rings. The minimum absolute atomic E-state index is 0.162. The number of aromatic nitrogens is 5. The van der Waals surface area contributed by atoms with Gasteiger partial charge in [-0.25, -0.2) is 14.5 Å². The molecule has 2 aromatic heterocycles. The van der Waals surface area contributed by atoms with Crippen LogP contribution in [-0.2, 0) is 13.1 Å². The van der Waals surface area contributed by atoms with Gasteiger partial charge >= 0.3 is 6.03 Å². The van der Waals surface area contributed by atoms with Crippen molar-refractivity contribution in [2.45, 2.75) is 31.8 Å². The summed E-state index contributed by atoms with van der Waals surface area (Å²) in [5.41, 5.74) is 3.85. The van der Waals surface area contributed by atoms with E-state index >= 15 is 0 Å². The van der Waals surface area contributed by atoms with Gasteiger partial charge in [0, 0.05) is 18.7 Å². The van der Waals surface area contributed by atoms with Gasteiger partial charge < -0.3 is 10.2 Å². The predicted molar refractivity (Wildman–Crippen MR) is 96.6 cm³/mol. The molecule has 0 aliphatic heterocycles. The summed E-state index contributed by atoms with van der Waals surface area (Å²) in [6.07, 6.45) is 5.60. The number of carbonyl (C=O) groups is 1. The van der Waals surface area contributed by atoms with Gasteiger partial charge in [-0.15, -0.1) is 0 Å². The van der Waals surface area contributed by atoms with Crippen molar-refractivity contribution in [3.05, 3.63) is 59.9 Å². The first kappa shape index (κ1) is 16.3. The monoisotopic (exact) mass is 351 g/mol. The van der Waals surface area contributed by atoms with Crippen molar-refractivity contribution in [2.75, 3.05) is 12.4 Å². The van der Waals surface area contributed by atoms with E-state index in [1.165, 1.54) is 19.2 Å². The highest BCUT2D eigenvalue weighted by molar-refractivity contribution is 5.89. The second kappa shape index (κ2) is 6.99. The van der Waals surface area contributed by atoms with Gasteiger partial charge in [-0.2, -0.15) is 10.2 Å². The third kappa shape index (κ3) is 3.90. The van der Waals surface area contributed by atoms with Crippen LogP contribution in [0.2, 0.25) is 0 Å². The second-order valence-electron chi connectivity index (χ2n) is 6.67. The van der Waals surface area contributed by atoms with Gasteiger partial charge in [-0.05, 0) is 36.6 Å². The fourth-order valence-corrected chi connectivity index (χ4v) is 2.84. The molecule has 2 N–H and O–H groups in total. The molecule has 0 radical (unpaired) electrons. The number of carbonyl (C=O) groups excluding carboxylic acids is 1. The Morgan fingerprint density at radius 3 is 3.04 bits per heavy atom. The van der Waals surface area contributed by atoms with Crippen molar-refractivity contribution in [1.82, 2.24) is 29.9 Å². The van der Waals surface area contributed by atoms with Gasteiger partial charge in [-0.3, -0.25) is 5.10 Å². The normalized spacial score (nSPS) is 13.6. The lowest BCUT2D eigenvalue weighted by Gasteiger charge is -2.17. The average molecular weight is 351 g/mol. The van der Waals surface area contributed by atoms with Crippen LogP contribution in [0.5, 0.6) is 0 Å². The Balaban J connectivity index is 1.35. The van der Waals surface area contributed by atoms with Crippen LogP contribution >= 0.6 is 0 Å². The molecule has 0 spiro atoms. The van der Waals surface area contributed by atoms with Crippen LogP contribution in [0.15, 0.2) is 43.0 Å². The summed E-state index contributed by atoms with van der Waals surface area (Å²) in [5.74, 6) is 0.604. The maximum Gasteiger partial charge on any atom is 0.321 e. The van der Waals surface area contributed by atoms with E-state index in [9.17, 15) is 4.79 Å². The highest BCUT2D eigenvalue weighted by atomic mass is 16.2. The van der Waals surface area contributed by atoms with Crippen LogP contribution in [0.25, 0.3) is 0 Å². The molecule has 1 fully saturated rings. The van der Waals surface area contributed by atoms with E-state index in [1.807, 2.05) is 24.3 Å². The highest BCUT2D eigenvalue weighted by Crippen LogP contribution is 2.39. The quantitative estimate of drug-likeness (QED) is 0.714. The molecule has 1 saturated carbocycles. The average Bonchev–Trinajstić information content (AvgIpc) is 3.15. The lowest BCUT2D eigenvalue weighted by atomic mass is 10.2. The van der Waals surface area contributed by atoms with Crippen molar-refractivity contribution >= 4 is 11.7 Å². The molecule has 26 heavy (non-hydrogen) atoms. The number of aromatic amines is 1. The molecule has 0 atom stereocenters. The molecule has 1 aliphatic carbocycles. The number of hydrogen-bond donors (Lipinski definition) is 2. The molecule has 2 heterocycles. The number of nitrogens with one attached hydrogen (secondary N) is 2. The first-order chi connectivity index (χ1) is 12.7. The third-order valence-electron chi connectivity index (χ3n) is 4.39. The lowest BCUT2D eigenvalue weighted by molar-refractivity contribution is 0.220. The molecule has 1 aliphatic rings. The van der Waals surface area contributed by atoms with Gasteiger partial charge in [0.1, 0.15) is 12.7 Å². The van der Waals surface area contributed by atoms with E-state index in [1.54, 1.807) is 23.0 Å². The molecule has 8 heteroatoms. The van der Waals surface area contributed by atoms with Crippen molar-refractivity contribution < 1.29 is 4.79 Å². The van der Waals surface area contributed by atoms with Gasteiger partial charge in [0.2, 0.25) is 0 Å². The van der Waals surface area contributed by atoms with E-state index in [2.05, 4.69) is 31.7 Å². The Bertz CT molecular complexity index is 883. The van der Waals surface area contributed by atoms with Gasteiger partial charge in [0.05, 0.1) is 24.5 Å². The first-order valence-electron chi connectivity index (χ1n) is 8.65. The van der Waals surface area contributed by atoms with Crippen molar-refractivity contribution in [3.8, 4) is 0 Å². The SMILES string of the molecule is CN(Cc1cc(C2CC2)n[nH]1)C(=O)Nc1cccc(Cn2cncn2)c1.